The lowest BCUT2D eigenvalue weighted by atomic mass is 9.94. The number of carbonyl (C=O) groups excluding carboxylic acids is 2. The normalized spacial score (nSPS) is 13.5. The molecular weight excluding hydrogens is 199 g/mol. The van der Waals surface area contributed by atoms with Gasteiger partial charge >= 0.3 is 11.9 Å². The molecule has 4 heteroatoms. The molecule has 1 aliphatic heterocycles. The molecule has 1 aromatic rings. The van der Waals surface area contributed by atoms with Crippen LogP contribution in [0.2, 0.25) is 0 Å². The SMILES string of the molecule is CC(C)c1cccc2c1C(=O)OC2=O.F. The Morgan fingerprint density at radius 1 is 1.13 bits per heavy atom. The van der Waals surface area contributed by atoms with Gasteiger partial charge in [-0.15, -0.1) is 0 Å². The van der Waals surface area contributed by atoms with E-state index in [1.54, 1.807) is 12.1 Å². The van der Waals surface area contributed by atoms with Gasteiger partial charge in [0, 0.05) is 0 Å². The predicted octanol–water partition coefficient (Wildman–Crippen LogP) is 2.27. The number of ether oxygens (including phenoxy) is 1. The quantitative estimate of drug-likeness (QED) is 0.527. The minimum absolute atomic E-state index is 0. The maximum Gasteiger partial charge on any atom is 0.347 e. The number of benzene rings is 1. The number of hydrogen-bond donors (Lipinski definition) is 0. The summed E-state index contributed by atoms with van der Waals surface area (Å²) in [5, 5.41) is 0. The standard InChI is InChI=1S/C11H10O3.FH/c1-6(2)7-4-3-5-8-9(7)11(13)14-10(8)12;/h3-6H,1-2H3;1H. The molecule has 15 heavy (non-hydrogen) atoms. The van der Waals surface area contributed by atoms with Gasteiger partial charge in [0.15, 0.2) is 0 Å². The lowest BCUT2D eigenvalue weighted by molar-refractivity contribution is 0.0443. The van der Waals surface area contributed by atoms with Gasteiger partial charge in [-0.3, -0.25) is 4.70 Å². The van der Waals surface area contributed by atoms with Crippen molar-refractivity contribution in [1.82, 2.24) is 0 Å². The Kier molecular flexibility index (Phi) is 2.88. The summed E-state index contributed by atoms with van der Waals surface area (Å²) in [6.07, 6.45) is 0. The zero-order chi connectivity index (χ0) is 10.3. The molecule has 0 spiro atoms. The average Bonchev–Trinajstić information content (AvgIpc) is 2.43. The number of carbonyl (C=O) groups is 2. The second-order valence-corrected chi connectivity index (χ2v) is 3.60. The molecule has 3 nitrogen and oxygen atoms in total. The van der Waals surface area contributed by atoms with Gasteiger partial charge in [0.1, 0.15) is 0 Å². The summed E-state index contributed by atoms with van der Waals surface area (Å²) in [7, 11) is 0. The molecule has 80 valence electrons. The van der Waals surface area contributed by atoms with Crippen molar-refractivity contribution in [3.8, 4) is 0 Å². The molecule has 0 aromatic heterocycles. The monoisotopic (exact) mass is 210 g/mol. The van der Waals surface area contributed by atoms with Crippen molar-refractivity contribution in [3.05, 3.63) is 34.9 Å². The van der Waals surface area contributed by atoms with E-state index in [0.717, 1.165) is 5.56 Å². The van der Waals surface area contributed by atoms with E-state index in [9.17, 15) is 9.59 Å². The van der Waals surface area contributed by atoms with E-state index in [2.05, 4.69) is 4.74 Å². The van der Waals surface area contributed by atoms with E-state index >= 15 is 0 Å². The molecule has 2 rings (SSSR count). The summed E-state index contributed by atoms with van der Waals surface area (Å²) < 4.78 is 4.54. The molecule has 0 unspecified atom stereocenters. The van der Waals surface area contributed by atoms with Crippen molar-refractivity contribution < 1.29 is 19.0 Å². The first-order chi connectivity index (χ1) is 6.61. The van der Waals surface area contributed by atoms with Crippen molar-refractivity contribution in [2.75, 3.05) is 0 Å². The number of fused-ring (bicyclic) bond motifs is 1. The number of rotatable bonds is 1. The predicted molar refractivity (Wildman–Crippen MR) is 52.8 cm³/mol. The molecule has 0 saturated carbocycles. The average molecular weight is 210 g/mol. The van der Waals surface area contributed by atoms with E-state index < -0.39 is 11.9 Å². The van der Waals surface area contributed by atoms with Crippen molar-refractivity contribution in [3.63, 3.8) is 0 Å². The first-order valence-corrected chi connectivity index (χ1v) is 4.50. The highest BCUT2D eigenvalue weighted by Crippen LogP contribution is 2.28. The molecule has 1 aromatic carbocycles. The zero-order valence-corrected chi connectivity index (χ0v) is 8.44. The number of hydrogen-bond acceptors (Lipinski definition) is 3. The van der Waals surface area contributed by atoms with Crippen LogP contribution in [0.15, 0.2) is 18.2 Å². The first-order valence-electron chi connectivity index (χ1n) is 4.50. The third-order valence-electron chi connectivity index (χ3n) is 2.33. The highest BCUT2D eigenvalue weighted by atomic mass is 19.0. The summed E-state index contributed by atoms with van der Waals surface area (Å²) in [6, 6.07) is 5.24. The second-order valence-electron chi connectivity index (χ2n) is 3.60. The Morgan fingerprint density at radius 2 is 1.80 bits per heavy atom. The third kappa shape index (κ3) is 1.63. The summed E-state index contributed by atoms with van der Waals surface area (Å²) in [5.41, 5.74) is 1.70. The highest BCUT2D eigenvalue weighted by Gasteiger charge is 2.32. The van der Waals surface area contributed by atoms with Crippen molar-refractivity contribution in [1.29, 1.82) is 0 Å². The van der Waals surface area contributed by atoms with Crippen LogP contribution in [0.5, 0.6) is 0 Å². The lowest BCUT2D eigenvalue weighted by Crippen LogP contribution is -2.01. The fourth-order valence-corrected chi connectivity index (χ4v) is 1.64. The Bertz CT molecular complexity index is 424. The molecular formula is C11H11FO3. The van der Waals surface area contributed by atoms with Crippen LogP contribution < -0.4 is 0 Å². The van der Waals surface area contributed by atoms with Crippen LogP contribution in [0.4, 0.5) is 4.70 Å². The van der Waals surface area contributed by atoms with Crippen LogP contribution in [-0.4, -0.2) is 11.9 Å². The molecule has 0 fully saturated rings. The topological polar surface area (TPSA) is 43.4 Å². The Morgan fingerprint density at radius 3 is 2.40 bits per heavy atom. The van der Waals surface area contributed by atoms with Crippen LogP contribution in [0, 0.1) is 0 Å². The van der Waals surface area contributed by atoms with Gasteiger partial charge in [0.05, 0.1) is 11.1 Å². The Hall–Kier alpha value is -1.71. The molecule has 0 saturated heterocycles. The summed E-state index contributed by atoms with van der Waals surface area (Å²) in [4.78, 5) is 22.6. The van der Waals surface area contributed by atoms with Gasteiger partial charge < -0.3 is 4.74 Å². The van der Waals surface area contributed by atoms with Crippen molar-refractivity contribution in [2.45, 2.75) is 19.8 Å². The highest BCUT2D eigenvalue weighted by molar-refractivity contribution is 6.15. The van der Waals surface area contributed by atoms with Crippen LogP contribution in [0.1, 0.15) is 46.0 Å². The van der Waals surface area contributed by atoms with Gasteiger partial charge in [-0.1, -0.05) is 26.0 Å². The maximum absolute atomic E-state index is 11.4. The van der Waals surface area contributed by atoms with E-state index in [4.69, 9.17) is 0 Å². The third-order valence-corrected chi connectivity index (χ3v) is 2.33. The molecule has 1 heterocycles. The molecule has 0 amide bonds. The van der Waals surface area contributed by atoms with Gasteiger partial charge in [0.2, 0.25) is 0 Å². The molecule has 0 bridgehead atoms. The fraction of sp³-hybridized carbons (Fsp3) is 0.273. The Balaban J connectivity index is 0.00000112. The van der Waals surface area contributed by atoms with Crippen molar-refractivity contribution >= 4 is 11.9 Å². The second kappa shape index (κ2) is 3.81. The minimum atomic E-state index is -0.535. The van der Waals surface area contributed by atoms with E-state index in [1.807, 2.05) is 19.9 Å². The maximum atomic E-state index is 11.4. The first kappa shape index (κ1) is 11.4. The minimum Gasteiger partial charge on any atom is -0.386 e. The fourth-order valence-electron chi connectivity index (χ4n) is 1.64. The van der Waals surface area contributed by atoms with E-state index in [0.29, 0.717) is 11.1 Å². The van der Waals surface area contributed by atoms with Crippen LogP contribution in [0.25, 0.3) is 0 Å². The van der Waals surface area contributed by atoms with Gasteiger partial charge in [-0.05, 0) is 17.5 Å². The number of esters is 2. The molecule has 0 aliphatic carbocycles. The van der Waals surface area contributed by atoms with Gasteiger partial charge in [-0.2, -0.15) is 0 Å². The number of cyclic esters (lactones) is 2. The Labute approximate surface area is 86.4 Å². The van der Waals surface area contributed by atoms with Gasteiger partial charge in [-0.25, -0.2) is 9.59 Å². The molecule has 0 radical (unpaired) electrons. The van der Waals surface area contributed by atoms with Crippen LogP contribution in [0.3, 0.4) is 0 Å². The number of halogens is 1. The van der Waals surface area contributed by atoms with Gasteiger partial charge in [0.25, 0.3) is 0 Å². The smallest absolute Gasteiger partial charge is 0.347 e. The summed E-state index contributed by atoms with van der Waals surface area (Å²) in [5.74, 6) is -0.842. The van der Waals surface area contributed by atoms with Crippen LogP contribution >= 0.6 is 0 Å². The van der Waals surface area contributed by atoms with E-state index in [-0.39, 0.29) is 10.6 Å². The van der Waals surface area contributed by atoms with Crippen LogP contribution in [-0.2, 0) is 4.74 Å². The van der Waals surface area contributed by atoms with Crippen molar-refractivity contribution in [2.24, 2.45) is 0 Å². The molecule has 0 N–H and O–H groups in total. The van der Waals surface area contributed by atoms with E-state index in [1.165, 1.54) is 0 Å². The summed E-state index contributed by atoms with van der Waals surface area (Å²) >= 11 is 0. The zero-order valence-electron chi connectivity index (χ0n) is 8.44. The lowest BCUT2D eigenvalue weighted by Gasteiger charge is -2.07. The summed E-state index contributed by atoms with van der Waals surface area (Å²) in [6.45, 7) is 3.96. The molecule has 0 atom stereocenters. The molecule has 1 aliphatic rings. The largest absolute Gasteiger partial charge is 0.386 e.